The average molecular weight is 572 g/mol. The maximum atomic E-state index is 11.9. The molecular formula is C38H21NO3S. The highest BCUT2D eigenvalue weighted by molar-refractivity contribution is 7.25. The summed E-state index contributed by atoms with van der Waals surface area (Å²) in [6.45, 7) is 0. The van der Waals surface area contributed by atoms with Crippen LogP contribution in [0.5, 0.6) is 0 Å². The predicted molar refractivity (Wildman–Crippen MR) is 179 cm³/mol. The summed E-state index contributed by atoms with van der Waals surface area (Å²) in [6.07, 6.45) is 0. The molecule has 0 saturated heterocycles. The van der Waals surface area contributed by atoms with Crippen LogP contribution in [-0.4, -0.2) is 4.92 Å². The maximum Gasteiger partial charge on any atom is 0.277 e. The third-order valence-electron chi connectivity index (χ3n) is 8.54. The Labute approximate surface area is 249 Å². The molecule has 0 unspecified atom stereocenters. The zero-order valence-corrected chi connectivity index (χ0v) is 23.5. The van der Waals surface area contributed by atoms with Gasteiger partial charge in [-0.2, -0.15) is 0 Å². The molecule has 0 fully saturated rings. The molecule has 5 heteroatoms. The van der Waals surface area contributed by atoms with Crippen molar-refractivity contribution in [2.45, 2.75) is 0 Å². The quantitative estimate of drug-likeness (QED) is 0.157. The lowest BCUT2D eigenvalue weighted by Gasteiger charge is -2.09. The third-order valence-corrected chi connectivity index (χ3v) is 9.67. The van der Waals surface area contributed by atoms with Crippen LogP contribution in [0.4, 0.5) is 5.69 Å². The Hall–Kier alpha value is -5.52. The smallest absolute Gasteiger partial charge is 0.277 e. The van der Waals surface area contributed by atoms with Gasteiger partial charge in [0.05, 0.1) is 10.5 Å². The molecule has 0 aliphatic carbocycles. The number of nitro groups is 1. The van der Waals surface area contributed by atoms with Gasteiger partial charge in [0.2, 0.25) is 0 Å². The van der Waals surface area contributed by atoms with Crippen LogP contribution < -0.4 is 0 Å². The van der Waals surface area contributed by atoms with Gasteiger partial charge in [0.25, 0.3) is 5.69 Å². The SMILES string of the molecule is O=[N+]([O-])c1ccccc1-c1cc2oc3cc4ccc(-c5ccc6c(c5)sc5ccccc56)cc4cc3c2c2ccccc12. The average Bonchev–Trinajstić information content (AvgIpc) is 3.60. The monoisotopic (exact) mass is 571 g/mol. The van der Waals surface area contributed by atoms with E-state index in [1.165, 1.54) is 31.3 Å². The van der Waals surface area contributed by atoms with E-state index in [0.717, 1.165) is 43.5 Å². The highest BCUT2D eigenvalue weighted by Gasteiger charge is 2.20. The van der Waals surface area contributed by atoms with Gasteiger partial charge in [-0.15, -0.1) is 11.3 Å². The van der Waals surface area contributed by atoms with Gasteiger partial charge in [0.1, 0.15) is 11.2 Å². The van der Waals surface area contributed by atoms with Crippen LogP contribution in [0.15, 0.2) is 132 Å². The maximum absolute atomic E-state index is 11.9. The lowest BCUT2D eigenvalue weighted by molar-refractivity contribution is -0.384. The summed E-state index contributed by atoms with van der Waals surface area (Å²) in [5.41, 5.74) is 5.32. The summed E-state index contributed by atoms with van der Waals surface area (Å²) in [5, 5.41) is 20.7. The molecule has 9 rings (SSSR count). The lowest BCUT2D eigenvalue weighted by atomic mass is 9.93. The summed E-state index contributed by atoms with van der Waals surface area (Å²) in [4.78, 5) is 11.6. The minimum atomic E-state index is -0.324. The van der Waals surface area contributed by atoms with Crippen molar-refractivity contribution in [3.05, 3.63) is 138 Å². The number of hydrogen-bond donors (Lipinski definition) is 0. The van der Waals surface area contributed by atoms with Crippen molar-refractivity contribution < 1.29 is 9.34 Å². The van der Waals surface area contributed by atoms with Gasteiger partial charge in [-0.1, -0.05) is 78.9 Å². The highest BCUT2D eigenvalue weighted by atomic mass is 32.1. The standard InChI is InChI=1S/C38H21NO3S/c40-39(41)33-11-5-3-8-27(33)31-21-35-38(30-10-2-1-7-26(30)31)32-18-25-17-22(13-14-23(25)19-34(32)42-35)24-15-16-29-28-9-4-6-12-36(28)43-37(29)20-24/h1-21H. The summed E-state index contributed by atoms with van der Waals surface area (Å²) < 4.78 is 9.05. The van der Waals surface area contributed by atoms with E-state index in [0.29, 0.717) is 11.1 Å². The fourth-order valence-corrected chi connectivity index (χ4v) is 7.70. The second-order valence-corrected chi connectivity index (χ2v) is 12.0. The zero-order valence-electron chi connectivity index (χ0n) is 22.7. The fraction of sp³-hybridized carbons (Fsp3) is 0. The van der Waals surface area contributed by atoms with Gasteiger partial charge in [0.15, 0.2) is 0 Å². The predicted octanol–water partition coefficient (Wildman–Crippen LogP) is 11.5. The van der Waals surface area contributed by atoms with E-state index in [9.17, 15) is 10.1 Å². The molecule has 0 atom stereocenters. The molecule has 7 aromatic carbocycles. The Kier molecular flexibility index (Phi) is 5.04. The van der Waals surface area contributed by atoms with E-state index in [1.807, 2.05) is 41.7 Å². The molecule has 9 aromatic rings. The Balaban J connectivity index is 1.26. The first-order chi connectivity index (χ1) is 21.1. The van der Waals surface area contributed by atoms with Crippen molar-refractivity contribution in [3.8, 4) is 22.3 Å². The van der Waals surface area contributed by atoms with E-state index in [2.05, 4.69) is 78.9 Å². The number of thiophene rings is 1. The molecule has 4 nitrogen and oxygen atoms in total. The van der Waals surface area contributed by atoms with Gasteiger partial charge in [-0.3, -0.25) is 10.1 Å². The number of benzene rings is 7. The summed E-state index contributed by atoms with van der Waals surface area (Å²) >= 11 is 1.83. The molecule has 202 valence electrons. The summed E-state index contributed by atoms with van der Waals surface area (Å²) in [7, 11) is 0. The molecule has 43 heavy (non-hydrogen) atoms. The van der Waals surface area contributed by atoms with E-state index >= 15 is 0 Å². The van der Waals surface area contributed by atoms with Gasteiger partial charge >= 0.3 is 0 Å². The molecule has 0 saturated carbocycles. The van der Waals surface area contributed by atoms with Crippen LogP contribution >= 0.6 is 11.3 Å². The zero-order chi connectivity index (χ0) is 28.7. The molecule has 0 amide bonds. The fourth-order valence-electron chi connectivity index (χ4n) is 6.55. The van der Waals surface area contributed by atoms with Gasteiger partial charge < -0.3 is 4.42 Å². The Morgan fingerprint density at radius 2 is 1.26 bits per heavy atom. The van der Waals surface area contributed by atoms with Crippen LogP contribution in [0.1, 0.15) is 0 Å². The Bertz CT molecular complexity index is 2610. The molecular weight excluding hydrogens is 550 g/mol. The number of fused-ring (bicyclic) bond motifs is 9. The summed E-state index contributed by atoms with van der Waals surface area (Å²) in [5.74, 6) is 0. The largest absolute Gasteiger partial charge is 0.456 e. The number of nitro benzene ring substituents is 1. The Morgan fingerprint density at radius 3 is 2.14 bits per heavy atom. The number of nitrogens with zero attached hydrogens (tertiary/aromatic N) is 1. The van der Waals surface area contributed by atoms with E-state index in [4.69, 9.17) is 4.42 Å². The topological polar surface area (TPSA) is 56.3 Å². The third kappa shape index (κ3) is 3.62. The molecule has 2 heterocycles. The molecule has 0 spiro atoms. The number of para-hydroxylation sites is 1. The highest BCUT2D eigenvalue weighted by Crippen LogP contribution is 2.43. The minimum absolute atomic E-state index is 0.0789. The molecule has 2 aromatic heterocycles. The Morgan fingerprint density at radius 1 is 0.535 bits per heavy atom. The second-order valence-electron chi connectivity index (χ2n) is 10.9. The van der Waals surface area contributed by atoms with Crippen LogP contribution in [-0.2, 0) is 0 Å². The molecule has 0 aliphatic rings. The number of furan rings is 1. The molecule has 0 radical (unpaired) electrons. The van der Waals surface area contributed by atoms with Gasteiger partial charge in [-0.05, 0) is 75.1 Å². The van der Waals surface area contributed by atoms with E-state index < -0.39 is 0 Å². The first kappa shape index (κ1) is 24.1. The van der Waals surface area contributed by atoms with Gasteiger partial charge in [-0.25, -0.2) is 0 Å². The van der Waals surface area contributed by atoms with E-state index in [1.54, 1.807) is 18.2 Å². The van der Waals surface area contributed by atoms with Gasteiger partial charge in [0, 0.05) is 42.6 Å². The number of rotatable bonds is 3. The van der Waals surface area contributed by atoms with Crippen molar-refractivity contribution >= 4 is 80.7 Å². The molecule has 0 bridgehead atoms. The van der Waals surface area contributed by atoms with Crippen LogP contribution in [0.25, 0.3) is 85.9 Å². The lowest BCUT2D eigenvalue weighted by Crippen LogP contribution is -1.92. The normalized spacial score (nSPS) is 11.9. The van der Waals surface area contributed by atoms with Crippen LogP contribution in [0.2, 0.25) is 0 Å². The van der Waals surface area contributed by atoms with Crippen molar-refractivity contribution in [3.63, 3.8) is 0 Å². The van der Waals surface area contributed by atoms with Crippen molar-refractivity contribution in [2.24, 2.45) is 0 Å². The second kappa shape index (κ2) is 8.99. The van der Waals surface area contributed by atoms with Crippen molar-refractivity contribution in [1.82, 2.24) is 0 Å². The van der Waals surface area contributed by atoms with Crippen LogP contribution in [0.3, 0.4) is 0 Å². The summed E-state index contributed by atoms with van der Waals surface area (Å²) in [6, 6.07) is 43.2. The molecule has 0 N–H and O–H groups in total. The van der Waals surface area contributed by atoms with Crippen molar-refractivity contribution in [2.75, 3.05) is 0 Å². The first-order valence-corrected chi connectivity index (χ1v) is 14.9. The first-order valence-electron chi connectivity index (χ1n) is 14.1. The minimum Gasteiger partial charge on any atom is -0.456 e. The number of hydrogen-bond acceptors (Lipinski definition) is 4. The van der Waals surface area contributed by atoms with Crippen LogP contribution in [0, 0.1) is 10.1 Å². The van der Waals surface area contributed by atoms with Crippen molar-refractivity contribution in [1.29, 1.82) is 0 Å². The molecule has 0 aliphatic heterocycles. The van der Waals surface area contributed by atoms with E-state index in [-0.39, 0.29) is 10.6 Å².